The van der Waals surface area contributed by atoms with Crippen molar-refractivity contribution in [3.05, 3.63) is 23.0 Å². The lowest BCUT2D eigenvalue weighted by molar-refractivity contribution is -0.109. The molecule has 0 saturated heterocycles. The second-order valence-electron chi connectivity index (χ2n) is 10.0. The summed E-state index contributed by atoms with van der Waals surface area (Å²) in [6.07, 6.45) is 4.47. The van der Waals surface area contributed by atoms with E-state index in [4.69, 9.17) is 22.4 Å². The predicted octanol–water partition coefficient (Wildman–Crippen LogP) is 3.68. The van der Waals surface area contributed by atoms with E-state index in [9.17, 15) is 14.4 Å². The number of carbonyl (C=O) groups excluding carboxylic acids is 1. The molecule has 0 aromatic carbocycles. The van der Waals surface area contributed by atoms with Gasteiger partial charge in [0.15, 0.2) is 16.8 Å². The number of aromatic nitrogens is 2. The molecule has 2 aliphatic carbocycles. The first-order valence-electron chi connectivity index (χ1n) is 12.3. The highest BCUT2D eigenvalue weighted by molar-refractivity contribution is 8.26. The fraction of sp³-hybridized carbons (Fsp3) is 0.542. The SMILES string of the molecule is CN(C)CCN(CCNC=O)c1c(F)c(SNC2(CF)CC2)cn2c(C(=N)SC(=N)C3(C#N)CC3)nc(Cl)c12. The van der Waals surface area contributed by atoms with Crippen LogP contribution in [-0.4, -0.2) is 83.3 Å². The zero-order chi connectivity index (χ0) is 28.4. The Bertz CT molecular complexity index is 1320. The molecule has 1 amide bonds. The molecule has 2 aromatic rings. The number of anilines is 1. The summed E-state index contributed by atoms with van der Waals surface area (Å²) in [4.78, 5) is 19.1. The van der Waals surface area contributed by atoms with E-state index in [1.165, 1.54) is 10.6 Å². The van der Waals surface area contributed by atoms with Crippen LogP contribution in [0.1, 0.15) is 31.5 Å². The van der Waals surface area contributed by atoms with Crippen molar-refractivity contribution < 1.29 is 13.6 Å². The van der Waals surface area contributed by atoms with Crippen LogP contribution < -0.4 is 14.9 Å². The van der Waals surface area contributed by atoms with E-state index in [1.807, 2.05) is 19.0 Å². The molecule has 0 bridgehead atoms. The number of likely N-dealkylation sites (N-methyl/N-ethyl adjacent to an activating group) is 1. The van der Waals surface area contributed by atoms with E-state index < -0.39 is 23.4 Å². The van der Waals surface area contributed by atoms with Crippen LogP contribution >= 0.6 is 35.3 Å². The van der Waals surface area contributed by atoms with Gasteiger partial charge in [-0.3, -0.25) is 24.7 Å². The molecule has 2 fully saturated rings. The number of carbonyl (C=O) groups is 1. The number of amides is 1. The van der Waals surface area contributed by atoms with Gasteiger partial charge in [0.05, 0.1) is 21.5 Å². The molecule has 15 heteroatoms. The highest BCUT2D eigenvalue weighted by Gasteiger charge is 2.48. The van der Waals surface area contributed by atoms with Gasteiger partial charge in [-0.2, -0.15) is 5.26 Å². The average Bonchev–Trinajstić information content (AvgIpc) is 3.83. The largest absolute Gasteiger partial charge is 0.364 e. The molecule has 4 N–H and O–H groups in total. The maximum absolute atomic E-state index is 16.3. The summed E-state index contributed by atoms with van der Waals surface area (Å²) in [6, 6.07) is 2.15. The van der Waals surface area contributed by atoms with Crippen molar-refractivity contribution in [2.24, 2.45) is 5.41 Å². The maximum Gasteiger partial charge on any atom is 0.207 e. The number of thioether (sulfide) groups is 1. The van der Waals surface area contributed by atoms with E-state index in [2.05, 4.69) is 21.1 Å². The number of nitriles is 1. The lowest BCUT2D eigenvalue weighted by Crippen LogP contribution is -2.37. The molecule has 4 rings (SSSR count). The first-order valence-corrected chi connectivity index (χ1v) is 14.4. The van der Waals surface area contributed by atoms with Gasteiger partial charge in [-0.15, -0.1) is 0 Å². The monoisotopic (exact) mass is 597 g/mol. The molecule has 210 valence electrons. The molecule has 0 unspecified atom stereocenters. The van der Waals surface area contributed by atoms with Crippen LogP contribution in [-0.2, 0) is 4.79 Å². The van der Waals surface area contributed by atoms with Gasteiger partial charge in [0, 0.05) is 32.4 Å². The summed E-state index contributed by atoms with van der Waals surface area (Å²) in [6.45, 7) is 0.920. The zero-order valence-electron chi connectivity index (χ0n) is 21.6. The van der Waals surface area contributed by atoms with Gasteiger partial charge >= 0.3 is 0 Å². The minimum Gasteiger partial charge on any atom is -0.364 e. The van der Waals surface area contributed by atoms with Gasteiger partial charge < -0.3 is 15.1 Å². The van der Waals surface area contributed by atoms with E-state index in [0.29, 0.717) is 45.2 Å². The van der Waals surface area contributed by atoms with Crippen molar-refractivity contribution in [2.75, 3.05) is 51.8 Å². The van der Waals surface area contributed by atoms with Crippen molar-refractivity contribution >= 4 is 63.0 Å². The van der Waals surface area contributed by atoms with Gasteiger partial charge in [0.25, 0.3) is 0 Å². The highest BCUT2D eigenvalue weighted by atomic mass is 35.5. The lowest BCUT2D eigenvalue weighted by atomic mass is 10.2. The molecule has 39 heavy (non-hydrogen) atoms. The normalized spacial score (nSPS) is 16.6. The second-order valence-corrected chi connectivity index (χ2v) is 12.3. The van der Waals surface area contributed by atoms with Gasteiger partial charge in [0.2, 0.25) is 6.41 Å². The van der Waals surface area contributed by atoms with Gasteiger partial charge in [-0.05, 0) is 51.7 Å². The van der Waals surface area contributed by atoms with E-state index >= 15 is 4.39 Å². The van der Waals surface area contributed by atoms with Crippen molar-refractivity contribution in [2.45, 2.75) is 36.1 Å². The topological polar surface area (TPSA) is 136 Å². The fourth-order valence-electron chi connectivity index (χ4n) is 3.91. The number of alkyl halides is 1. The standard InChI is InChI=1S/C24H30ClF2N9OS2/c1-34(2)9-10-35(8-7-31-14-37)17-16(27)15(39-33-24(12-26)5-6-24)11-36-18(17)19(25)32-21(36)20(29)38-22(30)23(13-28)3-4-23/h11,14,29-30,33H,3-10,12H2,1-2H3,(H,31,37). The molecule has 0 atom stereocenters. The number of rotatable bonds is 14. The summed E-state index contributed by atoms with van der Waals surface area (Å²) in [5.41, 5.74) is -1.17. The molecular formula is C24H30ClF2N9OS2. The minimum atomic E-state index is -0.866. The van der Waals surface area contributed by atoms with Crippen LogP contribution in [0.3, 0.4) is 0 Å². The molecule has 2 heterocycles. The minimum absolute atomic E-state index is 0.0256. The Morgan fingerprint density at radius 2 is 2.03 bits per heavy atom. The molecule has 2 aliphatic rings. The summed E-state index contributed by atoms with van der Waals surface area (Å²) in [5, 5.41) is 29.0. The number of hydrogen-bond donors (Lipinski definition) is 4. The first-order chi connectivity index (χ1) is 18.6. The van der Waals surface area contributed by atoms with Crippen molar-refractivity contribution in [3.8, 4) is 6.07 Å². The number of fused-ring (bicyclic) bond motifs is 1. The number of imidazole rings is 1. The Hall–Kier alpha value is -2.44. The third-order valence-electron chi connectivity index (χ3n) is 6.80. The number of nitrogens with one attached hydrogen (secondary N) is 4. The number of hydrogen-bond acceptors (Lipinski definition) is 10. The smallest absolute Gasteiger partial charge is 0.207 e. The number of pyridine rings is 1. The van der Waals surface area contributed by atoms with Crippen LogP contribution in [0.25, 0.3) is 5.52 Å². The van der Waals surface area contributed by atoms with Crippen LogP contribution in [0, 0.1) is 33.4 Å². The Balaban J connectivity index is 1.79. The van der Waals surface area contributed by atoms with Crippen molar-refractivity contribution in [3.63, 3.8) is 0 Å². The van der Waals surface area contributed by atoms with E-state index in [0.717, 1.165) is 23.7 Å². The summed E-state index contributed by atoms with van der Waals surface area (Å²) in [5.74, 6) is -0.479. The summed E-state index contributed by atoms with van der Waals surface area (Å²) < 4.78 is 34.4. The Labute approximate surface area is 239 Å². The molecule has 0 spiro atoms. The molecular weight excluding hydrogens is 568 g/mol. The lowest BCUT2D eigenvalue weighted by Gasteiger charge is -2.28. The number of halogens is 3. The zero-order valence-corrected chi connectivity index (χ0v) is 24.0. The van der Waals surface area contributed by atoms with Gasteiger partial charge in [0.1, 0.15) is 28.3 Å². The van der Waals surface area contributed by atoms with Gasteiger partial charge in [-0.25, -0.2) is 13.8 Å². The van der Waals surface area contributed by atoms with Crippen LogP contribution in [0.15, 0.2) is 11.1 Å². The quantitative estimate of drug-likeness (QED) is 0.0851. The predicted molar refractivity (Wildman–Crippen MR) is 151 cm³/mol. The molecule has 0 radical (unpaired) electrons. The second kappa shape index (κ2) is 12.0. The summed E-state index contributed by atoms with van der Waals surface area (Å²) >= 11 is 8.38. The van der Waals surface area contributed by atoms with Crippen molar-refractivity contribution in [1.29, 1.82) is 16.1 Å². The first kappa shape index (κ1) is 29.5. The molecule has 10 nitrogen and oxygen atoms in total. The maximum atomic E-state index is 16.3. The third kappa shape index (κ3) is 6.33. The van der Waals surface area contributed by atoms with Crippen LogP contribution in [0.5, 0.6) is 0 Å². The van der Waals surface area contributed by atoms with Gasteiger partial charge in [-0.1, -0.05) is 23.4 Å². The Morgan fingerprint density at radius 3 is 2.59 bits per heavy atom. The number of nitrogens with zero attached hydrogens (tertiary/aromatic N) is 5. The van der Waals surface area contributed by atoms with Crippen LogP contribution in [0.2, 0.25) is 5.15 Å². The van der Waals surface area contributed by atoms with E-state index in [-0.39, 0.29) is 50.3 Å². The highest BCUT2D eigenvalue weighted by Crippen LogP contribution is 2.49. The Kier molecular flexibility index (Phi) is 9.07. The molecule has 0 aliphatic heterocycles. The fourth-order valence-corrected chi connectivity index (χ4v) is 5.98. The van der Waals surface area contributed by atoms with Crippen molar-refractivity contribution in [1.82, 2.24) is 24.3 Å². The van der Waals surface area contributed by atoms with Crippen LogP contribution in [0.4, 0.5) is 14.5 Å². The average molecular weight is 598 g/mol. The summed E-state index contributed by atoms with van der Waals surface area (Å²) in [7, 11) is 3.78. The Morgan fingerprint density at radius 1 is 1.31 bits per heavy atom. The molecule has 2 aromatic heterocycles. The third-order valence-corrected chi connectivity index (χ3v) is 9.08. The van der Waals surface area contributed by atoms with E-state index in [1.54, 1.807) is 4.90 Å². The molecule has 2 saturated carbocycles.